The topological polar surface area (TPSA) is 30.9 Å². The number of nitrogens with zero attached hydrogens (tertiary/aromatic N) is 1. The minimum Gasteiger partial charge on any atom is -0.347 e. The quantitative estimate of drug-likeness (QED) is 0.717. The maximum absolute atomic E-state index is 6.64. The van der Waals surface area contributed by atoms with Crippen molar-refractivity contribution >= 4 is 0 Å². The van der Waals surface area contributed by atoms with Gasteiger partial charge in [0.25, 0.3) is 0 Å². The summed E-state index contributed by atoms with van der Waals surface area (Å²) in [5, 5.41) is 2.28. The van der Waals surface area contributed by atoms with Crippen LogP contribution in [0.3, 0.4) is 0 Å². The summed E-state index contributed by atoms with van der Waals surface area (Å²) in [6.07, 6.45) is 3.82. The van der Waals surface area contributed by atoms with Crippen LogP contribution in [0, 0.1) is 0 Å². The summed E-state index contributed by atoms with van der Waals surface area (Å²) >= 11 is 0. The third-order valence-corrected chi connectivity index (χ3v) is 6.13. The summed E-state index contributed by atoms with van der Waals surface area (Å²) in [5.74, 6) is -0.481. The Bertz CT molecular complexity index is 599. The second kappa shape index (κ2) is 7.23. The van der Waals surface area contributed by atoms with Crippen LogP contribution < -0.4 is 0 Å². The van der Waals surface area contributed by atoms with E-state index in [1.54, 1.807) is 0 Å². The molecule has 0 bridgehead atoms. The Kier molecular flexibility index (Phi) is 5.51. The Balaban J connectivity index is 1.90. The Morgan fingerprint density at radius 1 is 1.15 bits per heavy atom. The average molecular weight is 362 g/mol. The molecule has 1 aromatic rings. The Hall–Kier alpha value is -0.940. The molecule has 0 amide bonds. The van der Waals surface area contributed by atoms with Crippen LogP contribution in [0.2, 0.25) is 0 Å². The van der Waals surface area contributed by atoms with Crippen LogP contribution in [0.25, 0.3) is 0 Å². The van der Waals surface area contributed by atoms with Gasteiger partial charge in [0.2, 0.25) is 0 Å². The lowest BCUT2D eigenvalue weighted by Crippen LogP contribution is -2.67. The van der Waals surface area contributed by atoms with E-state index in [-0.39, 0.29) is 23.3 Å². The summed E-state index contributed by atoms with van der Waals surface area (Å²) in [5.41, 5.74) is 0.915. The standard InChI is InChI=1S/C22H35NO3/c1-7-21(8-2)16-22(24-14-17(3)25-22)15-20(5,6)23(21)26-18(4)19-12-10-9-11-13-19/h9-13,17-18H,7-8,14-16H2,1-6H3. The molecule has 0 saturated carbocycles. The van der Waals surface area contributed by atoms with Crippen molar-refractivity contribution in [1.82, 2.24) is 5.06 Å². The number of ether oxygens (including phenoxy) is 2. The molecular formula is C22H35NO3. The lowest BCUT2D eigenvalue weighted by Gasteiger charge is -2.59. The first kappa shape index (κ1) is 19.8. The van der Waals surface area contributed by atoms with E-state index in [9.17, 15) is 0 Å². The first-order chi connectivity index (χ1) is 12.3. The minimum atomic E-state index is -0.481. The molecule has 26 heavy (non-hydrogen) atoms. The molecule has 1 spiro atoms. The number of hydrogen-bond acceptors (Lipinski definition) is 4. The molecule has 2 aliphatic heterocycles. The molecule has 0 radical (unpaired) electrons. The molecule has 2 fully saturated rings. The largest absolute Gasteiger partial charge is 0.347 e. The van der Waals surface area contributed by atoms with E-state index in [0.717, 1.165) is 25.7 Å². The van der Waals surface area contributed by atoms with E-state index in [1.165, 1.54) is 5.56 Å². The Labute approximate surface area is 158 Å². The van der Waals surface area contributed by atoms with Gasteiger partial charge in [0.05, 0.1) is 18.2 Å². The molecule has 3 atom stereocenters. The fourth-order valence-corrected chi connectivity index (χ4v) is 4.88. The predicted octanol–water partition coefficient (Wildman–Crippen LogP) is 5.24. The van der Waals surface area contributed by atoms with Crippen LogP contribution in [-0.2, 0) is 14.3 Å². The normalized spacial score (nSPS) is 32.0. The second-order valence-corrected chi connectivity index (χ2v) is 8.70. The molecule has 2 heterocycles. The van der Waals surface area contributed by atoms with E-state index in [4.69, 9.17) is 14.3 Å². The lowest BCUT2D eigenvalue weighted by molar-refractivity contribution is -0.359. The highest BCUT2D eigenvalue weighted by Gasteiger charge is 2.59. The fraction of sp³-hybridized carbons (Fsp3) is 0.727. The molecule has 1 aromatic carbocycles. The molecule has 0 N–H and O–H groups in total. The van der Waals surface area contributed by atoms with Crippen molar-refractivity contribution in [3.8, 4) is 0 Å². The van der Waals surface area contributed by atoms with Crippen molar-refractivity contribution in [3.63, 3.8) is 0 Å². The molecule has 2 saturated heterocycles. The molecule has 0 aliphatic carbocycles. The summed E-state index contributed by atoms with van der Waals surface area (Å²) in [6, 6.07) is 10.4. The Morgan fingerprint density at radius 3 is 2.35 bits per heavy atom. The first-order valence-corrected chi connectivity index (χ1v) is 10.1. The van der Waals surface area contributed by atoms with Gasteiger partial charge in [-0.25, -0.2) is 0 Å². The van der Waals surface area contributed by atoms with E-state index in [0.29, 0.717) is 6.61 Å². The lowest BCUT2D eigenvalue weighted by atomic mass is 9.73. The zero-order valence-electron chi connectivity index (χ0n) is 17.2. The van der Waals surface area contributed by atoms with E-state index < -0.39 is 5.79 Å². The highest BCUT2D eigenvalue weighted by Crippen LogP contribution is 2.51. The number of piperidine rings is 1. The van der Waals surface area contributed by atoms with Crippen molar-refractivity contribution in [2.24, 2.45) is 0 Å². The van der Waals surface area contributed by atoms with Crippen molar-refractivity contribution < 1.29 is 14.3 Å². The average Bonchev–Trinajstić information content (AvgIpc) is 2.97. The maximum Gasteiger partial charge on any atom is 0.172 e. The molecule has 3 unspecified atom stereocenters. The van der Waals surface area contributed by atoms with Crippen molar-refractivity contribution in [3.05, 3.63) is 35.9 Å². The summed E-state index contributed by atoms with van der Waals surface area (Å²) < 4.78 is 12.5. The smallest absolute Gasteiger partial charge is 0.172 e. The second-order valence-electron chi connectivity index (χ2n) is 8.70. The molecular weight excluding hydrogens is 326 g/mol. The van der Waals surface area contributed by atoms with Crippen molar-refractivity contribution in [2.45, 2.75) is 96.3 Å². The third kappa shape index (κ3) is 3.57. The van der Waals surface area contributed by atoms with Gasteiger partial charge in [0.15, 0.2) is 5.79 Å². The monoisotopic (exact) mass is 361 g/mol. The van der Waals surface area contributed by atoms with Gasteiger partial charge < -0.3 is 9.47 Å². The van der Waals surface area contributed by atoms with Crippen molar-refractivity contribution in [1.29, 1.82) is 0 Å². The highest BCUT2D eigenvalue weighted by molar-refractivity contribution is 5.17. The Morgan fingerprint density at radius 2 is 1.81 bits per heavy atom. The molecule has 3 rings (SSSR count). The number of hydrogen-bond donors (Lipinski definition) is 0. The number of rotatable bonds is 5. The zero-order valence-corrected chi connectivity index (χ0v) is 17.2. The highest BCUT2D eigenvalue weighted by atomic mass is 16.7. The molecule has 0 aromatic heterocycles. The minimum absolute atomic E-state index is 0.00587. The van der Waals surface area contributed by atoms with Gasteiger partial charge in [-0.2, -0.15) is 5.06 Å². The fourth-order valence-electron chi connectivity index (χ4n) is 4.88. The third-order valence-electron chi connectivity index (χ3n) is 6.13. The van der Waals surface area contributed by atoms with Gasteiger partial charge in [-0.3, -0.25) is 4.84 Å². The van der Waals surface area contributed by atoms with E-state index in [1.807, 2.05) is 6.07 Å². The number of hydroxylamine groups is 2. The number of benzene rings is 1. The van der Waals surface area contributed by atoms with Gasteiger partial charge in [-0.05, 0) is 46.1 Å². The SMILES string of the molecule is CCC1(CC)CC2(CC(C)(C)N1OC(C)c1ccccc1)OCC(C)O2. The van der Waals surface area contributed by atoms with Gasteiger partial charge in [0.1, 0.15) is 6.10 Å². The van der Waals surface area contributed by atoms with Gasteiger partial charge in [0, 0.05) is 18.4 Å². The molecule has 4 nitrogen and oxygen atoms in total. The van der Waals surface area contributed by atoms with Crippen molar-refractivity contribution in [2.75, 3.05) is 6.61 Å². The van der Waals surface area contributed by atoms with Crippen LogP contribution in [0.5, 0.6) is 0 Å². The van der Waals surface area contributed by atoms with Gasteiger partial charge in [-0.15, -0.1) is 0 Å². The van der Waals surface area contributed by atoms with Crippen LogP contribution in [0.1, 0.15) is 78.9 Å². The predicted molar refractivity (Wildman–Crippen MR) is 104 cm³/mol. The summed E-state index contributed by atoms with van der Waals surface area (Å²) in [6.45, 7) is 13.9. The molecule has 146 valence electrons. The summed E-state index contributed by atoms with van der Waals surface area (Å²) in [4.78, 5) is 6.64. The van der Waals surface area contributed by atoms with Gasteiger partial charge in [-0.1, -0.05) is 44.2 Å². The molecule has 4 heteroatoms. The van der Waals surface area contributed by atoms with E-state index >= 15 is 0 Å². The van der Waals surface area contributed by atoms with Crippen LogP contribution >= 0.6 is 0 Å². The van der Waals surface area contributed by atoms with Crippen LogP contribution in [0.4, 0.5) is 0 Å². The first-order valence-electron chi connectivity index (χ1n) is 10.1. The van der Waals surface area contributed by atoms with Gasteiger partial charge >= 0.3 is 0 Å². The molecule has 2 aliphatic rings. The van der Waals surface area contributed by atoms with Crippen LogP contribution in [0.15, 0.2) is 30.3 Å². The maximum atomic E-state index is 6.64. The van der Waals surface area contributed by atoms with Crippen LogP contribution in [-0.4, -0.2) is 34.6 Å². The zero-order chi connectivity index (χ0) is 19.0. The van der Waals surface area contributed by atoms with E-state index in [2.05, 4.69) is 70.9 Å². The summed E-state index contributed by atoms with van der Waals surface area (Å²) in [7, 11) is 0.